The van der Waals surface area contributed by atoms with Gasteiger partial charge in [0.15, 0.2) is 5.72 Å². The summed E-state index contributed by atoms with van der Waals surface area (Å²) in [4.78, 5) is 68.8. The smallest absolute Gasteiger partial charge is 0.409 e. The van der Waals surface area contributed by atoms with Gasteiger partial charge in [0, 0.05) is 56.9 Å². The number of benzene rings is 1. The number of nitrogens with zero attached hydrogens (tertiary/aromatic N) is 2. The molecule has 0 saturated carbocycles. The second-order valence-electron chi connectivity index (χ2n) is 16.7. The summed E-state index contributed by atoms with van der Waals surface area (Å²) in [6.07, 6.45) is 2.45. The van der Waals surface area contributed by atoms with Crippen LogP contribution in [0.4, 0.5) is 10.5 Å². The quantitative estimate of drug-likeness (QED) is 0.0359. The van der Waals surface area contributed by atoms with Crippen LogP contribution in [0, 0.1) is 5.92 Å². The maximum atomic E-state index is 14.3. The lowest BCUT2D eigenvalue weighted by Crippen LogP contribution is -2.63. The number of epoxide rings is 1. The van der Waals surface area contributed by atoms with E-state index in [4.69, 9.17) is 41.1 Å². The standard InChI is InChI=1S/C42H62ClN5O11S2/c1-24-13-11-14-31(56-10)42(54)23-30(57-39(53)45-42)25(2)37-41(6,59-37)32(22-35(51)48(8)28-20-27(19-24)21-29(55-9)36(28)43)58-38(52)26(3)47(7)34(50)16-17-40(4,5)61-60-18-12-15-33(49)46-44/h11,13-14,20-21,25-26,30-32,37,54H,12,15-19,22-23,44H2,1-10H3,(H,45,53)(H,46,49)/b14-11+,24-13+/t25?,26-,30?,31?,32?,37+,41+,42?/m0/s1. The van der Waals surface area contributed by atoms with E-state index in [0.717, 1.165) is 16.9 Å². The Hall–Kier alpha value is -3.52. The van der Waals surface area contributed by atoms with Gasteiger partial charge in [0.2, 0.25) is 17.7 Å². The molecule has 5 unspecified atom stereocenters. The summed E-state index contributed by atoms with van der Waals surface area (Å²) >= 11 is 6.80. The number of hydrogen-bond acceptors (Lipinski definition) is 14. The van der Waals surface area contributed by atoms with Crippen LogP contribution in [-0.2, 0) is 44.5 Å². The van der Waals surface area contributed by atoms with Crippen molar-refractivity contribution in [2.24, 2.45) is 11.8 Å². The van der Waals surface area contributed by atoms with Crippen LogP contribution < -0.4 is 26.2 Å². The van der Waals surface area contributed by atoms with Gasteiger partial charge in [-0.25, -0.2) is 15.4 Å². The van der Waals surface area contributed by atoms with Gasteiger partial charge in [-0.3, -0.25) is 25.1 Å². The van der Waals surface area contributed by atoms with Crippen molar-refractivity contribution in [1.29, 1.82) is 0 Å². The number of nitrogens with two attached hydrogens (primary N) is 1. The summed E-state index contributed by atoms with van der Waals surface area (Å²) in [6.45, 7) is 11.0. The van der Waals surface area contributed by atoms with Crippen molar-refractivity contribution >= 4 is 68.7 Å². The minimum atomic E-state index is -1.85. The van der Waals surface area contributed by atoms with Gasteiger partial charge in [0.1, 0.15) is 40.7 Å². The Balaban J connectivity index is 1.60. The predicted octanol–water partition coefficient (Wildman–Crippen LogP) is 5.22. The third-order valence-corrected chi connectivity index (χ3v) is 15.4. The van der Waals surface area contributed by atoms with Crippen molar-refractivity contribution in [2.75, 3.05) is 39.0 Å². The largest absolute Gasteiger partial charge is 0.495 e. The summed E-state index contributed by atoms with van der Waals surface area (Å²) in [5.74, 6) is 4.02. The van der Waals surface area contributed by atoms with Crippen molar-refractivity contribution < 1.29 is 52.8 Å². The molecule has 1 aromatic carbocycles. The van der Waals surface area contributed by atoms with Crippen LogP contribution in [0.3, 0.4) is 0 Å². The van der Waals surface area contributed by atoms with Crippen LogP contribution in [0.25, 0.3) is 0 Å². The minimum Gasteiger partial charge on any atom is -0.495 e. The average molecular weight is 913 g/mol. The number of allylic oxidation sites excluding steroid dienone is 3. The zero-order valence-electron chi connectivity index (χ0n) is 36.7. The van der Waals surface area contributed by atoms with Gasteiger partial charge < -0.3 is 38.6 Å². The molecule has 4 rings (SSSR count). The molecule has 5 N–H and O–H groups in total. The number of alkyl carbamates (subject to hydrolysis) is 1. The maximum absolute atomic E-state index is 14.3. The molecule has 2 saturated heterocycles. The average Bonchev–Trinajstić information content (AvgIpc) is 3.91. The highest BCUT2D eigenvalue weighted by atomic mass is 35.5. The Morgan fingerprint density at radius 1 is 1.23 bits per heavy atom. The Morgan fingerprint density at radius 3 is 2.59 bits per heavy atom. The molecule has 2 fully saturated rings. The van der Waals surface area contributed by atoms with E-state index in [-0.39, 0.29) is 40.8 Å². The van der Waals surface area contributed by atoms with Gasteiger partial charge in [0.05, 0.1) is 25.3 Å². The van der Waals surface area contributed by atoms with Gasteiger partial charge in [-0.05, 0) is 71.6 Å². The van der Waals surface area contributed by atoms with Gasteiger partial charge in [-0.1, -0.05) is 63.9 Å². The van der Waals surface area contributed by atoms with Crippen LogP contribution in [-0.4, -0.2) is 120 Å². The zero-order valence-corrected chi connectivity index (χ0v) is 39.1. The first-order chi connectivity index (χ1) is 28.6. The number of likely N-dealkylation sites (N-methyl/N-ethyl adjacent to an activating group) is 1. The van der Waals surface area contributed by atoms with E-state index in [0.29, 0.717) is 37.1 Å². The molecule has 19 heteroatoms. The molecule has 3 aliphatic rings. The molecule has 3 aliphatic heterocycles. The van der Waals surface area contributed by atoms with E-state index in [9.17, 15) is 29.1 Å². The zero-order chi connectivity index (χ0) is 45.4. The Kier molecular flexibility index (Phi) is 17.5. The fourth-order valence-electron chi connectivity index (χ4n) is 7.41. The molecule has 1 aromatic rings. The summed E-state index contributed by atoms with van der Waals surface area (Å²) in [5.41, 5.74) is 1.12. The first kappa shape index (κ1) is 50.1. The van der Waals surface area contributed by atoms with Crippen molar-refractivity contribution in [3.05, 3.63) is 46.5 Å². The number of fused-ring (bicyclic) bond motifs is 5. The van der Waals surface area contributed by atoms with Gasteiger partial charge in [-0.15, -0.1) is 0 Å². The predicted molar refractivity (Wildman–Crippen MR) is 236 cm³/mol. The molecule has 340 valence electrons. The van der Waals surface area contributed by atoms with E-state index >= 15 is 0 Å². The first-order valence-electron chi connectivity index (χ1n) is 20.2. The molecular formula is C42H62ClN5O11S2. The number of rotatable bonds is 14. The number of ether oxygens (including phenoxy) is 5. The lowest BCUT2D eigenvalue weighted by atomic mass is 9.83. The highest BCUT2D eigenvalue weighted by molar-refractivity contribution is 8.77. The highest BCUT2D eigenvalue weighted by Crippen LogP contribution is 2.49. The molecule has 61 heavy (non-hydrogen) atoms. The van der Waals surface area contributed by atoms with Crippen LogP contribution in [0.5, 0.6) is 5.75 Å². The maximum Gasteiger partial charge on any atom is 0.409 e. The lowest BCUT2D eigenvalue weighted by Gasteiger charge is -2.42. The third-order valence-electron chi connectivity index (χ3n) is 11.5. The molecular weight excluding hydrogens is 850 g/mol. The Bertz CT molecular complexity index is 1850. The fourth-order valence-corrected chi connectivity index (χ4v) is 10.4. The second kappa shape index (κ2) is 21.2. The van der Waals surface area contributed by atoms with Crippen LogP contribution >= 0.6 is 33.2 Å². The number of aliphatic hydroxyl groups is 1. The number of anilines is 1. The van der Waals surface area contributed by atoms with Crippen LogP contribution in [0.15, 0.2) is 35.9 Å². The number of hydrogen-bond donors (Lipinski definition) is 4. The highest BCUT2D eigenvalue weighted by Gasteiger charge is 2.64. The first-order valence-corrected chi connectivity index (χ1v) is 22.9. The van der Waals surface area contributed by atoms with Gasteiger partial charge in [-0.2, -0.15) is 0 Å². The lowest BCUT2D eigenvalue weighted by molar-refractivity contribution is -0.162. The number of amides is 4. The summed E-state index contributed by atoms with van der Waals surface area (Å²) < 4.78 is 29.1. The van der Waals surface area contributed by atoms with Crippen LogP contribution in [0.1, 0.15) is 85.6 Å². The van der Waals surface area contributed by atoms with Crippen molar-refractivity contribution in [3.63, 3.8) is 0 Å². The minimum absolute atomic E-state index is 0.0664. The van der Waals surface area contributed by atoms with Gasteiger partial charge >= 0.3 is 12.1 Å². The van der Waals surface area contributed by atoms with Gasteiger partial charge in [0.25, 0.3) is 0 Å². The normalized spacial score (nSPS) is 28.8. The summed E-state index contributed by atoms with van der Waals surface area (Å²) in [5, 5.41) is 14.5. The molecule has 3 heterocycles. The molecule has 4 bridgehead atoms. The topological polar surface area (TPSA) is 212 Å². The third kappa shape index (κ3) is 12.8. The molecule has 8 atom stereocenters. The molecule has 0 radical (unpaired) electrons. The number of carbonyl (C=O) groups is 5. The molecule has 16 nitrogen and oxygen atoms in total. The Labute approximate surface area is 371 Å². The SMILES string of the molecule is COc1cc2cc(c1Cl)N(C)C(=O)CC(OC(=O)[C@H](C)N(C)C(=O)CCC(C)(C)SSCCCC(=O)NN)[C@@]1(C)O[C@@H]1C(C)C1CC(O)(NC(=O)O1)C(OC)/C=C/C=C(\C)C2. The molecule has 0 aromatic heterocycles. The molecule has 4 amide bonds. The number of carbonyl (C=O) groups excluding carboxylic acids is 5. The number of hydrazine groups is 1. The van der Waals surface area contributed by atoms with E-state index in [1.165, 1.54) is 31.1 Å². The fraction of sp³-hybridized carbons (Fsp3) is 0.643. The van der Waals surface area contributed by atoms with Crippen molar-refractivity contribution in [2.45, 2.75) is 133 Å². The molecule has 0 aliphatic carbocycles. The van der Waals surface area contributed by atoms with E-state index < -0.39 is 65.7 Å². The monoisotopic (exact) mass is 911 g/mol. The van der Waals surface area contributed by atoms with Crippen LogP contribution in [0.2, 0.25) is 5.02 Å². The molecule has 0 spiro atoms. The van der Waals surface area contributed by atoms with Crippen molar-refractivity contribution in [3.8, 4) is 5.75 Å². The van der Waals surface area contributed by atoms with Crippen molar-refractivity contribution in [1.82, 2.24) is 15.6 Å². The second-order valence-corrected chi connectivity index (χ2v) is 20.2. The number of nitrogens with one attached hydrogen (secondary N) is 2. The van der Waals surface area contributed by atoms with E-state index in [2.05, 4.69) is 10.7 Å². The number of methoxy groups -OCH3 is 2. The summed E-state index contributed by atoms with van der Waals surface area (Å²) in [6, 6.07) is 2.55. The Morgan fingerprint density at radius 2 is 1.93 bits per heavy atom. The summed E-state index contributed by atoms with van der Waals surface area (Å²) in [7, 11) is 9.26. The van der Waals surface area contributed by atoms with E-state index in [1.54, 1.807) is 73.7 Å². The number of esters is 1. The number of halogens is 1. The van der Waals surface area contributed by atoms with E-state index in [1.807, 2.05) is 26.8 Å².